The molecule has 1 unspecified atom stereocenters. The molecule has 0 saturated carbocycles. The van der Waals surface area contributed by atoms with E-state index in [0.29, 0.717) is 17.1 Å². The monoisotopic (exact) mass is 347 g/mol. The molecule has 1 atom stereocenters. The SMILES string of the molecule is NC(=O)COC(=O)CCCS(=O)c1ccc(Br)cc1. The number of carbonyl (C=O) groups is 2. The molecule has 0 aliphatic rings. The predicted octanol–water partition coefficient (Wildman–Crippen LogP) is 1.37. The first kappa shape index (κ1) is 15.8. The van der Waals surface area contributed by atoms with Crippen molar-refractivity contribution in [1.82, 2.24) is 0 Å². The molecule has 0 aliphatic carbocycles. The molecule has 2 N–H and O–H groups in total. The van der Waals surface area contributed by atoms with Gasteiger partial charge in [-0.05, 0) is 30.7 Å². The van der Waals surface area contributed by atoms with E-state index < -0.39 is 29.3 Å². The summed E-state index contributed by atoms with van der Waals surface area (Å²) in [5.41, 5.74) is 4.84. The Kier molecular flexibility index (Phi) is 6.72. The van der Waals surface area contributed by atoms with Crippen LogP contribution in [0.25, 0.3) is 0 Å². The fourth-order valence-corrected chi connectivity index (χ4v) is 2.62. The molecular formula is C12H14BrNO4S. The van der Waals surface area contributed by atoms with Gasteiger partial charge in [-0.15, -0.1) is 0 Å². The molecule has 7 heteroatoms. The molecule has 0 saturated heterocycles. The van der Waals surface area contributed by atoms with Gasteiger partial charge in [0.2, 0.25) is 0 Å². The molecule has 0 spiro atoms. The Labute approximate surface area is 122 Å². The first-order valence-electron chi connectivity index (χ1n) is 5.57. The summed E-state index contributed by atoms with van der Waals surface area (Å²) >= 11 is 3.30. The number of ether oxygens (including phenoxy) is 1. The maximum absolute atomic E-state index is 11.9. The van der Waals surface area contributed by atoms with Gasteiger partial charge in [0.1, 0.15) is 0 Å². The van der Waals surface area contributed by atoms with Crippen molar-refractivity contribution in [2.24, 2.45) is 5.73 Å². The van der Waals surface area contributed by atoms with Gasteiger partial charge in [0.25, 0.3) is 5.91 Å². The lowest BCUT2D eigenvalue weighted by Crippen LogP contribution is -2.21. The highest BCUT2D eigenvalue weighted by Gasteiger charge is 2.08. The van der Waals surface area contributed by atoms with E-state index in [-0.39, 0.29) is 6.42 Å². The number of hydrogen-bond acceptors (Lipinski definition) is 4. The predicted molar refractivity (Wildman–Crippen MR) is 74.8 cm³/mol. The molecule has 0 bridgehead atoms. The zero-order chi connectivity index (χ0) is 14.3. The second-order valence-electron chi connectivity index (χ2n) is 3.73. The van der Waals surface area contributed by atoms with Crippen molar-refractivity contribution in [3.8, 4) is 0 Å². The Morgan fingerprint density at radius 2 is 1.89 bits per heavy atom. The van der Waals surface area contributed by atoms with E-state index in [9.17, 15) is 13.8 Å². The third kappa shape index (κ3) is 6.49. The summed E-state index contributed by atoms with van der Waals surface area (Å²) in [5, 5.41) is 0. The Bertz CT molecular complexity index is 475. The van der Waals surface area contributed by atoms with Gasteiger partial charge >= 0.3 is 5.97 Å². The van der Waals surface area contributed by atoms with Crippen molar-refractivity contribution in [3.63, 3.8) is 0 Å². The summed E-state index contributed by atoms with van der Waals surface area (Å²) < 4.78 is 17.4. The van der Waals surface area contributed by atoms with Crippen LogP contribution in [0.2, 0.25) is 0 Å². The van der Waals surface area contributed by atoms with Crippen LogP contribution in [-0.2, 0) is 25.1 Å². The third-order valence-electron chi connectivity index (χ3n) is 2.16. The van der Waals surface area contributed by atoms with Gasteiger partial charge in [0.15, 0.2) is 6.61 Å². The van der Waals surface area contributed by atoms with Crippen molar-refractivity contribution >= 4 is 38.6 Å². The van der Waals surface area contributed by atoms with Crippen molar-refractivity contribution in [2.75, 3.05) is 12.4 Å². The van der Waals surface area contributed by atoms with Crippen LogP contribution >= 0.6 is 15.9 Å². The number of benzene rings is 1. The summed E-state index contributed by atoms with van der Waals surface area (Å²) in [7, 11) is -1.14. The molecule has 1 amide bonds. The number of primary amides is 1. The zero-order valence-corrected chi connectivity index (χ0v) is 12.5. The van der Waals surface area contributed by atoms with E-state index in [2.05, 4.69) is 20.7 Å². The van der Waals surface area contributed by atoms with E-state index in [1.807, 2.05) is 12.1 Å². The third-order valence-corrected chi connectivity index (χ3v) is 4.15. The minimum Gasteiger partial charge on any atom is -0.456 e. The van der Waals surface area contributed by atoms with E-state index in [4.69, 9.17) is 5.73 Å². The van der Waals surface area contributed by atoms with Crippen LogP contribution in [0.5, 0.6) is 0 Å². The van der Waals surface area contributed by atoms with Gasteiger partial charge in [0.05, 0.1) is 10.8 Å². The molecule has 1 aromatic carbocycles. The molecule has 5 nitrogen and oxygen atoms in total. The van der Waals surface area contributed by atoms with Gasteiger partial charge in [-0.25, -0.2) is 0 Å². The van der Waals surface area contributed by atoms with Crippen molar-refractivity contribution in [1.29, 1.82) is 0 Å². The maximum Gasteiger partial charge on any atom is 0.306 e. The first-order valence-corrected chi connectivity index (χ1v) is 7.68. The molecule has 1 rings (SSSR count). The number of esters is 1. The van der Waals surface area contributed by atoms with Gasteiger partial charge in [-0.1, -0.05) is 15.9 Å². The van der Waals surface area contributed by atoms with Crippen LogP contribution in [0, 0.1) is 0 Å². The summed E-state index contributed by atoms with van der Waals surface area (Å²) in [4.78, 5) is 22.3. The standard InChI is InChI=1S/C12H14BrNO4S/c13-9-3-5-10(6-4-9)19(17)7-1-2-12(16)18-8-11(14)15/h3-6H,1-2,7-8H2,(H2,14,15). The lowest BCUT2D eigenvalue weighted by Gasteiger charge is -2.03. The first-order chi connectivity index (χ1) is 8.99. The van der Waals surface area contributed by atoms with Crippen LogP contribution in [0.15, 0.2) is 33.6 Å². The quantitative estimate of drug-likeness (QED) is 0.754. The fraction of sp³-hybridized carbons (Fsp3) is 0.333. The van der Waals surface area contributed by atoms with E-state index in [1.54, 1.807) is 12.1 Å². The van der Waals surface area contributed by atoms with Gasteiger partial charge in [0, 0.05) is 21.5 Å². The summed E-state index contributed by atoms with van der Waals surface area (Å²) in [6.45, 7) is -0.408. The largest absolute Gasteiger partial charge is 0.456 e. The van der Waals surface area contributed by atoms with E-state index in [0.717, 1.165) is 4.47 Å². The summed E-state index contributed by atoms with van der Waals surface area (Å²) in [6, 6.07) is 7.17. The number of rotatable bonds is 7. The van der Waals surface area contributed by atoms with Crippen molar-refractivity contribution < 1.29 is 18.5 Å². The summed E-state index contributed by atoms with van der Waals surface area (Å²) in [5.74, 6) is -0.828. The number of nitrogens with two attached hydrogens (primary N) is 1. The second kappa shape index (κ2) is 8.06. The van der Waals surface area contributed by atoms with Crippen LogP contribution in [0.3, 0.4) is 0 Å². The van der Waals surface area contributed by atoms with Crippen LogP contribution < -0.4 is 5.73 Å². The average Bonchev–Trinajstić information content (AvgIpc) is 2.37. The maximum atomic E-state index is 11.9. The molecule has 0 fully saturated rings. The Morgan fingerprint density at radius 3 is 2.47 bits per heavy atom. The molecule has 0 radical (unpaired) electrons. The Hall–Kier alpha value is -1.21. The molecule has 104 valence electrons. The smallest absolute Gasteiger partial charge is 0.306 e. The normalized spacial score (nSPS) is 11.8. The van der Waals surface area contributed by atoms with Crippen molar-refractivity contribution in [3.05, 3.63) is 28.7 Å². The number of halogens is 1. The fourth-order valence-electron chi connectivity index (χ4n) is 1.28. The Balaban J connectivity index is 2.29. The highest BCUT2D eigenvalue weighted by Crippen LogP contribution is 2.14. The van der Waals surface area contributed by atoms with Crippen LogP contribution in [0.1, 0.15) is 12.8 Å². The number of carbonyl (C=O) groups excluding carboxylic acids is 2. The highest BCUT2D eigenvalue weighted by atomic mass is 79.9. The Morgan fingerprint density at radius 1 is 1.26 bits per heavy atom. The molecule has 0 aliphatic heterocycles. The highest BCUT2D eigenvalue weighted by molar-refractivity contribution is 9.10. The van der Waals surface area contributed by atoms with E-state index >= 15 is 0 Å². The minimum atomic E-state index is -1.14. The van der Waals surface area contributed by atoms with Gasteiger partial charge in [-0.3, -0.25) is 13.8 Å². The lowest BCUT2D eigenvalue weighted by molar-refractivity contribution is -0.147. The molecule has 19 heavy (non-hydrogen) atoms. The zero-order valence-electron chi connectivity index (χ0n) is 10.1. The van der Waals surface area contributed by atoms with Gasteiger partial charge < -0.3 is 10.5 Å². The van der Waals surface area contributed by atoms with E-state index in [1.165, 1.54) is 0 Å². The number of hydrogen-bond donors (Lipinski definition) is 1. The molecule has 0 aromatic heterocycles. The molecule has 1 aromatic rings. The minimum absolute atomic E-state index is 0.121. The number of amides is 1. The molecular weight excluding hydrogens is 334 g/mol. The van der Waals surface area contributed by atoms with Gasteiger partial charge in [-0.2, -0.15) is 0 Å². The lowest BCUT2D eigenvalue weighted by atomic mass is 10.3. The van der Waals surface area contributed by atoms with Crippen LogP contribution in [0.4, 0.5) is 0 Å². The van der Waals surface area contributed by atoms with Crippen LogP contribution in [-0.4, -0.2) is 28.4 Å². The average molecular weight is 348 g/mol. The second-order valence-corrected chi connectivity index (χ2v) is 6.22. The topological polar surface area (TPSA) is 86.5 Å². The van der Waals surface area contributed by atoms with Crippen molar-refractivity contribution in [2.45, 2.75) is 17.7 Å². The summed E-state index contributed by atoms with van der Waals surface area (Å²) in [6.07, 6.45) is 0.551. The molecule has 0 heterocycles.